The zero-order valence-electron chi connectivity index (χ0n) is 10.8. The Bertz CT molecular complexity index is 214. The van der Waals surface area contributed by atoms with E-state index in [2.05, 4.69) is 36.6 Å². The molecule has 2 N–H and O–H groups in total. The third-order valence-electron chi connectivity index (χ3n) is 2.80. The van der Waals surface area contributed by atoms with Gasteiger partial charge in [0.05, 0.1) is 0 Å². The average Bonchev–Trinajstić information content (AvgIpc) is 2.98. The summed E-state index contributed by atoms with van der Waals surface area (Å²) in [7, 11) is 4.16. The van der Waals surface area contributed by atoms with E-state index in [0.29, 0.717) is 18.5 Å². The van der Waals surface area contributed by atoms with E-state index in [1.807, 2.05) is 0 Å². The fourth-order valence-electron chi connectivity index (χ4n) is 1.51. The van der Waals surface area contributed by atoms with Crippen LogP contribution in [0.4, 0.5) is 0 Å². The van der Waals surface area contributed by atoms with Gasteiger partial charge in [0.25, 0.3) is 0 Å². The highest BCUT2D eigenvalue weighted by Gasteiger charge is 2.22. The van der Waals surface area contributed by atoms with Crippen molar-refractivity contribution in [1.29, 1.82) is 0 Å². The fourth-order valence-corrected chi connectivity index (χ4v) is 1.51. The van der Waals surface area contributed by atoms with Gasteiger partial charge in [0.1, 0.15) is 0 Å². The Labute approximate surface area is 98.8 Å². The van der Waals surface area contributed by atoms with Gasteiger partial charge in [-0.2, -0.15) is 0 Å². The predicted molar refractivity (Wildman–Crippen MR) is 66.4 cm³/mol. The Morgan fingerprint density at radius 2 is 2.12 bits per heavy atom. The van der Waals surface area contributed by atoms with E-state index in [0.717, 1.165) is 19.5 Å². The summed E-state index contributed by atoms with van der Waals surface area (Å²) in [6, 6.07) is 0.967. The molecule has 1 rings (SSSR count). The summed E-state index contributed by atoms with van der Waals surface area (Å²) in [5.74, 6) is 0.190. The Kier molecular flexibility index (Phi) is 5.77. The minimum Gasteiger partial charge on any atom is -0.353 e. The first-order valence-corrected chi connectivity index (χ1v) is 6.25. The highest BCUT2D eigenvalue weighted by Crippen LogP contribution is 2.18. The number of hydrogen-bond donors (Lipinski definition) is 2. The molecule has 16 heavy (non-hydrogen) atoms. The number of hydrogen-bond acceptors (Lipinski definition) is 3. The van der Waals surface area contributed by atoms with Crippen LogP contribution in [0.5, 0.6) is 0 Å². The molecule has 4 nitrogen and oxygen atoms in total. The van der Waals surface area contributed by atoms with E-state index in [9.17, 15) is 4.79 Å². The first-order chi connectivity index (χ1) is 7.58. The van der Waals surface area contributed by atoms with Gasteiger partial charge in [-0.05, 0) is 46.8 Å². The predicted octanol–water partition coefficient (Wildman–Crippen LogP) is 0.585. The summed E-state index contributed by atoms with van der Waals surface area (Å²) in [6.07, 6.45) is 4.05. The number of nitrogens with zero attached hydrogens (tertiary/aromatic N) is 1. The lowest BCUT2D eigenvalue weighted by Crippen LogP contribution is -2.34. The third kappa shape index (κ3) is 6.80. The fraction of sp³-hybridized carbons (Fsp3) is 0.917. The molecule has 1 atom stereocenters. The lowest BCUT2D eigenvalue weighted by Gasteiger charge is -2.16. The second-order valence-electron chi connectivity index (χ2n) is 5.04. The van der Waals surface area contributed by atoms with Crippen LogP contribution in [0, 0.1) is 0 Å². The number of carbonyl (C=O) groups excluding carboxylic acids is 1. The molecule has 0 aromatic carbocycles. The minimum absolute atomic E-state index is 0.190. The van der Waals surface area contributed by atoms with Gasteiger partial charge in [-0.15, -0.1) is 0 Å². The molecule has 1 aliphatic rings. The smallest absolute Gasteiger partial charge is 0.221 e. The summed E-state index contributed by atoms with van der Waals surface area (Å²) in [6.45, 7) is 4.04. The van der Waals surface area contributed by atoms with Crippen LogP contribution in [0.25, 0.3) is 0 Å². The van der Waals surface area contributed by atoms with Crippen molar-refractivity contribution in [2.24, 2.45) is 0 Å². The van der Waals surface area contributed by atoms with E-state index >= 15 is 0 Å². The SMILES string of the molecule is CC(CCN(C)C)NCCC(=O)NC1CC1. The van der Waals surface area contributed by atoms with Crippen LogP contribution in [0.2, 0.25) is 0 Å². The molecule has 94 valence electrons. The summed E-state index contributed by atoms with van der Waals surface area (Å²) < 4.78 is 0. The monoisotopic (exact) mass is 227 g/mol. The standard InChI is InChI=1S/C12H25N3O/c1-10(7-9-15(2)3)13-8-6-12(16)14-11-4-5-11/h10-11,13H,4-9H2,1-3H3,(H,14,16). The molecule has 0 bridgehead atoms. The van der Waals surface area contributed by atoms with Gasteiger partial charge in [-0.25, -0.2) is 0 Å². The van der Waals surface area contributed by atoms with Crippen molar-refractivity contribution in [2.75, 3.05) is 27.2 Å². The van der Waals surface area contributed by atoms with Crippen molar-refractivity contribution >= 4 is 5.91 Å². The summed E-state index contributed by atoms with van der Waals surface area (Å²) in [5.41, 5.74) is 0. The Morgan fingerprint density at radius 3 is 2.69 bits per heavy atom. The second-order valence-corrected chi connectivity index (χ2v) is 5.04. The van der Waals surface area contributed by atoms with Crippen LogP contribution < -0.4 is 10.6 Å². The van der Waals surface area contributed by atoms with Crippen LogP contribution in [0.15, 0.2) is 0 Å². The van der Waals surface area contributed by atoms with Crippen molar-refractivity contribution < 1.29 is 4.79 Å². The molecule has 0 spiro atoms. The Hall–Kier alpha value is -0.610. The molecule has 0 aromatic heterocycles. The molecule has 0 aromatic rings. The van der Waals surface area contributed by atoms with E-state index in [4.69, 9.17) is 0 Å². The second kappa shape index (κ2) is 6.86. The van der Waals surface area contributed by atoms with Crippen molar-refractivity contribution in [3.8, 4) is 0 Å². The van der Waals surface area contributed by atoms with Crippen molar-refractivity contribution in [3.05, 3.63) is 0 Å². The number of rotatable bonds is 8. The average molecular weight is 227 g/mol. The molecule has 0 radical (unpaired) electrons. The quantitative estimate of drug-likeness (QED) is 0.638. The molecule has 1 amide bonds. The van der Waals surface area contributed by atoms with E-state index in [-0.39, 0.29) is 5.91 Å². The first kappa shape index (κ1) is 13.5. The zero-order chi connectivity index (χ0) is 12.0. The third-order valence-corrected chi connectivity index (χ3v) is 2.80. The van der Waals surface area contributed by atoms with Crippen molar-refractivity contribution in [3.63, 3.8) is 0 Å². The molecule has 1 unspecified atom stereocenters. The number of amides is 1. The molecular weight excluding hydrogens is 202 g/mol. The molecule has 4 heteroatoms. The zero-order valence-corrected chi connectivity index (χ0v) is 10.8. The van der Waals surface area contributed by atoms with Crippen molar-refractivity contribution in [1.82, 2.24) is 15.5 Å². The van der Waals surface area contributed by atoms with Crippen LogP contribution in [0.1, 0.15) is 32.6 Å². The highest BCUT2D eigenvalue weighted by molar-refractivity contribution is 5.76. The van der Waals surface area contributed by atoms with Crippen LogP contribution >= 0.6 is 0 Å². The van der Waals surface area contributed by atoms with E-state index < -0.39 is 0 Å². The van der Waals surface area contributed by atoms with E-state index in [1.165, 1.54) is 12.8 Å². The summed E-state index contributed by atoms with van der Waals surface area (Å²) in [4.78, 5) is 13.6. The maximum Gasteiger partial charge on any atom is 0.221 e. The summed E-state index contributed by atoms with van der Waals surface area (Å²) in [5, 5.41) is 6.37. The molecule has 1 fully saturated rings. The van der Waals surface area contributed by atoms with Gasteiger partial charge in [0, 0.05) is 25.0 Å². The molecule has 0 saturated heterocycles. The van der Waals surface area contributed by atoms with Crippen LogP contribution in [-0.4, -0.2) is 50.1 Å². The van der Waals surface area contributed by atoms with Gasteiger partial charge in [0.2, 0.25) is 5.91 Å². The minimum atomic E-state index is 0.190. The molecule has 1 aliphatic carbocycles. The van der Waals surface area contributed by atoms with Crippen molar-refractivity contribution in [2.45, 2.75) is 44.7 Å². The number of nitrogens with one attached hydrogen (secondary N) is 2. The molecule has 0 heterocycles. The summed E-state index contributed by atoms with van der Waals surface area (Å²) >= 11 is 0. The lowest BCUT2D eigenvalue weighted by atomic mass is 10.2. The van der Waals surface area contributed by atoms with Gasteiger partial charge in [-0.3, -0.25) is 4.79 Å². The van der Waals surface area contributed by atoms with Crippen LogP contribution in [0.3, 0.4) is 0 Å². The Balaban J connectivity index is 1.94. The molecule has 0 aliphatic heterocycles. The van der Waals surface area contributed by atoms with Gasteiger partial charge in [0.15, 0.2) is 0 Å². The maximum atomic E-state index is 11.4. The normalized spacial score (nSPS) is 17.5. The maximum absolute atomic E-state index is 11.4. The number of carbonyl (C=O) groups is 1. The largest absolute Gasteiger partial charge is 0.353 e. The molecule has 1 saturated carbocycles. The lowest BCUT2D eigenvalue weighted by molar-refractivity contribution is -0.121. The van der Waals surface area contributed by atoms with Crippen LogP contribution in [-0.2, 0) is 4.79 Å². The molecular formula is C12H25N3O. The topological polar surface area (TPSA) is 44.4 Å². The van der Waals surface area contributed by atoms with E-state index in [1.54, 1.807) is 0 Å². The Morgan fingerprint density at radius 1 is 1.44 bits per heavy atom. The first-order valence-electron chi connectivity index (χ1n) is 6.25. The van der Waals surface area contributed by atoms with Gasteiger partial charge in [-0.1, -0.05) is 0 Å². The van der Waals surface area contributed by atoms with Gasteiger partial charge >= 0.3 is 0 Å². The van der Waals surface area contributed by atoms with Gasteiger partial charge < -0.3 is 15.5 Å². The highest BCUT2D eigenvalue weighted by atomic mass is 16.1.